The number of hydrogen-bond acceptors (Lipinski definition) is 6. The summed E-state index contributed by atoms with van der Waals surface area (Å²) in [6, 6.07) is 12.6. The molecule has 0 fully saturated rings. The van der Waals surface area contributed by atoms with Gasteiger partial charge in [-0.1, -0.05) is 6.92 Å². The van der Waals surface area contributed by atoms with Gasteiger partial charge in [0.1, 0.15) is 5.75 Å². The third-order valence-corrected chi connectivity index (χ3v) is 6.25. The van der Waals surface area contributed by atoms with E-state index in [2.05, 4.69) is 35.9 Å². The second-order valence-corrected chi connectivity index (χ2v) is 9.59. The summed E-state index contributed by atoms with van der Waals surface area (Å²) in [4.78, 5) is 20.8. The van der Waals surface area contributed by atoms with Gasteiger partial charge < -0.3 is 10.1 Å². The first-order valence-corrected chi connectivity index (χ1v) is 12.1. The van der Waals surface area contributed by atoms with Crippen LogP contribution in [0.5, 0.6) is 5.75 Å². The van der Waals surface area contributed by atoms with Crippen LogP contribution >= 0.6 is 15.9 Å². The Morgan fingerprint density at radius 3 is 2.28 bits per heavy atom. The fraction of sp³-hybridized carbons (Fsp3) is 0.227. The van der Waals surface area contributed by atoms with Gasteiger partial charge in [-0.15, -0.1) is 0 Å². The van der Waals surface area contributed by atoms with Gasteiger partial charge >= 0.3 is 0 Å². The number of aryl methyl sites for hydroxylation is 2. The molecular weight excluding hydrogens is 496 g/mol. The van der Waals surface area contributed by atoms with E-state index in [9.17, 15) is 13.2 Å². The zero-order valence-electron chi connectivity index (χ0n) is 17.8. The first kappa shape index (κ1) is 23.7. The summed E-state index contributed by atoms with van der Waals surface area (Å²) in [5, 5.41) is 2.75. The molecular formula is C22H23BrN4O4S. The molecule has 1 heterocycles. The highest BCUT2D eigenvalue weighted by atomic mass is 79.9. The van der Waals surface area contributed by atoms with Crippen LogP contribution in [0.3, 0.4) is 0 Å². The monoisotopic (exact) mass is 518 g/mol. The number of benzene rings is 2. The maximum Gasteiger partial charge on any atom is 0.264 e. The summed E-state index contributed by atoms with van der Waals surface area (Å²) in [6.45, 7) is 6.12. The number of carbonyl (C=O) groups is 1. The van der Waals surface area contributed by atoms with Crippen molar-refractivity contribution in [2.75, 3.05) is 16.6 Å². The molecule has 1 aromatic heterocycles. The number of nitrogens with zero attached hydrogens (tertiary/aromatic N) is 2. The van der Waals surface area contributed by atoms with Crippen molar-refractivity contribution in [3.8, 4) is 5.75 Å². The van der Waals surface area contributed by atoms with E-state index >= 15 is 0 Å². The molecule has 8 nitrogen and oxygen atoms in total. The van der Waals surface area contributed by atoms with Crippen LogP contribution in [0.2, 0.25) is 0 Å². The van der Waals surface area contributed by atoms with Crippen LogP contribution < -0.4 is 14.8 Å². The van der Waals surface area contributed by atoms with E-state index in [4.69, 9.17) is 4.74 Å². The zero-order valence-corrected chi connectivity index (χ0v) is 20.2. The normalized spacial score (nSPS) is 11.1. The number of nitrogens with one attached hydrogen (secondary N) is 2. The molecule has 10 heteroatoms. The lowest BCUT2D eigenvalue weighted by Gasteiger charge is -2.11. The number of carbonyl (C=O) groups excluding carboxylic acids is 1. The highest BCUT2D eigenvalue weighted by Gasteiger charge is 2.17. The number of anilines is 2. The van der Waals surface area contributed by atoms with Crippen LogP contribution in [-0.4, -0.2) is 30.9 Å². The lowest BCUT2D eigenvalue weighted by Crippen LogP contribution is -2.16. The Bertz CT molecular complexity index is 1210. The number of aromatic nitrogens is 2. The van der Waals surface area contributed by atoms with Crippen LogP contribution in [0.1, 0.15) is 35.1 Å². The Hall–Kier alpha value is -2.98. The average Bonchev–Trinajstić information content (AvgIpc) is 2.72. The smallest absolute Gasteiger partial charge is 0.264 e. The van der Waals surface area contributed by atoms with Crippen molar-refractivity contribution in [3.05, 3.63) is 70.0 Å². The van der Waals surface area contributed by atoms with Gasteiger partial charge in [0.2, 0.25) is 5.95 Å². The maximum absolute atomic E-state index is 12.6. The highest BCUT2D eigenvalue weighted by Crippen LogP contribution is 2.27. The van der Waals surface area contributed by atoms with Gasteiger partial charge in [-0.3, -0.25) is 4.79 Å². The van der Waals surface area contributed by atoms with Crippen LogP contribution in [0.25, 0.3) is 0 Å². The molecule has 0 saturated carbocycles. The molecule has 0 radical (unpaired) electrons. The van der Waals surface area contributed by atoms with Gasteiger partial charge in [0.15, 0.2) is 0 Å². The number of ether oxygens (including phenoxy) is 1. The number of hydrogen-bond donors (Lipinski definition) is 2. The summed E-state index contributed by atoms with van der Waals surface area (Å²) in [7, 11) is -3.87. The molecule has 3 aromatic rings. The quantitative estimate of drug-likeness (QED) is 0.447. The van der Waals surface area contributed by atoms with E-state index in [1.165, 1.54) is 24.3 Å². The summed E-state index contributed by atoms with van der Waals surface area (Å²) in [6.07, 6.45) is 0.883. The Morgan fingerprint density at radius 2 is 1.69 bits per heavy atom. The molecule has 168 valence electrons. The van der Waals surface area contributed by atoms with Crippen LogP contribution in [0.4, 0.5) is 11.6 Å². The van der Waals surface area contributed by atoms with E-state index in [0.717, 1.165) is 6.42 Å². The lowest BCUT2D eigenvalue weighted by atomic mass is 10.2. The predicted octanol–water partition coefficient (Wildman–Crippen LogP) is 4.70. The topological polar surface area (TPSA) is 110 Å². The maximum atomic E-state index is 12.6. The molecule has 2 N–H and O–H groups in total. The van der Waals surface area contributed by atoms with Crippen LogP contribution in [0.15, 0.2) is 57.9 Å². The van der Waals surface area contributed by atoms with Crippen molar-refractivity contribution in [2.45, 2.75) is 32.1 Å². The molecule has 0 atom stereocenters. The van der Waals surface area contributed by atoms with E-state index in [-0.39, 0.29) is 16.8 Å². The fourth-order valence-electron chi connectivity index (χ4n) is 2.84. The Labute approximate surface area is 195 Å². The lowest BCUT2D eigenvalue weighted by molar-refractivity contribution is 0.102. The summed E-state index contributed by atoms with van der Waals surface area (Å²) in [5.74, 6) is 0.347. The van der Waals surface area contributed by atoms with Gasteiger partial charge in [0.25, 0.3) is 15.9 Å². The van der Waals surface area contributed by atoms with Crippen molar-refractivity contribution < 1.29 is 17.9 Å². The minimum Gasteiger partial charge on any atom is -0.492 e. The molecule has 0 spiro atoms. The summed E-state index contributed by atoms with van der Waals surface area (Å²) in [5.41, 5.74) is 2.21. The molecule has 0 saturated heterocycles. The Kier molecular flexibility index (Phi) is 7.47. The summed E-state index contributed by atoms with van der Waals surface area (Å²) < 4.78 is 33.9. The zero-order chi connectivity index (χ0) is 23.3. The molecule has 0 aliphatic rings. The molecule has 0 unspecified atom stereocenters. The fourth-order valence-corrected chi connectivity index (χ4v) is 4.28. The molecule has 2 aromatic carbocycles. The van der Waals surface area contributed by atoms with Gasteiger partial charge in [-0.25, -0.2) is 23.1 Å². The molecule has 0 bridgehead atoms. The first-order chi connectivity index (χ1) is 15.2. The summed E-state index contributed by atoms with van der Waals surface area (Å²) >= 11 is 3.41. The molecule has 0 aliphatic carbocycles. The minimum absolute atomic E-state index is 0.0109. The molecule has 1 amide bonds. The largest absolute Gasteiger partial charge is 0.492 e. The minimum atomic E-state index is -3.87. The van der Waals surface area contributed by atoms with E-state index in [0.29, 0.717) is 39.5 Å². The van der Waals surface area contributed by atoms with E-state index in [1.807, 2.05) is 6.92 Å². The van der Waals surface area contributed by atoms with Crippen LogP contribution in [-0.2, 0) is 10.0 Å². The second-order valence-electron chi connectivity index (χ2n) is 7.05. The Morgan fingerprint density at radius 1 is 1.03 bits per heavy atom. The molecule has 3 rings (SSSR count). The van der Waals surface area contributed by atoms with Gasteiger partial charge in [0, 0.05) is 22.6 Å². The Balaban J connectivity index is 1.70. The highest BCUT2D eigenvalue weighted by molar-refractivity contribution is 9.10. The third kappa shape index (κ3) is 6.04. The number of sulfonamides is 1. The van der Waals surface area contributed by atoms with Gasteiger partial charge in [0.05, 0.1) is 16.0 Å². The standard InChI is InChI=1S/C22H23BrN4O4S/c1-4-11-31-20-10-5-16(13-19(20)23)21(28)26-17-6-8-18(9-7-17)32(29,30)27-22-24-14(2)12-15(3)25-22/h5-10,12-13H,4,11H2,1-3H3,(H,26,28)(H,24,25,27). The average molecular weight is 519 g/mol. The predicted molar refractivity (Wildman–Crippen MR) is 127 cm³/mol. The van der Waals surface area contributed by atoms with E-state index < -0.39 is 10.0 Å². The number of halogens is 1. The van der Waals surface area contributed by atoms with Crippen molar-refractivity contribution in [3.63, 3.8) is 0 Å². The van der Waals surface area contributed by atoms with Crippen LogP contribution in [0, 0.1) is 13.8 Å². The molecule has 0 aliphatic heterocycles. The number of amides is 1. The second kappa shape index (κ2) is 10.1. The van der Waals surface area contributed by atoms with Gasteiger partial charge in [-0.2, -0.15) is 0 Å². The first-order valence-electron chi connectivity index (χ1n) is 9.87. The SMILES string of the molecule is CCCOc1ccc(C(=O)Nc2ccc(S(=O)(=O)Nc3nc(C)cc(C)n3)cc2)cc1Br. The molecule has 32 heavy (non-hydrogen) atoms. The van der Waals surface area contributed by atoms with Gasteiger partial charge in [-0.05, 0) is 84.7 Å². The van der Waals surface area contributed by atoms with Crippen molar-refractivity contribution >= 4 is 43.5 Å². The van der Waals surface area contributed by atoms with Crippen molar-refractivity contribution in [2.24, 2.45) is 0 Å². The van der Waals surface area contributed by atoms with Crippen molar-refractivity contribution in [1.82, 2.24) is 9.97 Å². The van der Waals surface area contributed by atoms with Crippen molar-refractivity contribution in [1.29, 1.82) is 0 Å². The van der Waals surface area contributed by atoms with E-state index in [1.54, 1.807) is 38.1 Å². The number of rotatable bonds is 8. The third-order valence-electron chi connectivity index (χ3n) is 4.29.